The summed E-state index contributed by atoms with van der Waals surface area (Å²) in [6.45, 7) is 5.20. The lowest BCUT2D eigenvalue weighted by atomic mass is 9.92. The first kappa shape index (κ1) is 14.9. The zero-order chi connectivity index (χ0) is 14.0. The van der Waals surface area contributed by atoms with E-state index in [0.717, 1.165) is 23.9 Å². The number of carbonyl (C=O) groups excluding carboxylic acids is 1. The number of likely N-dealkylation sites (tertiary alicyclic amines) is 1. The van der Waals surface area contributed by atoms with E-state index in [1.807, 2.05) is 17.0 Å². The molecule has 1 atom stereocenters. The maximum atomic E-state index is 12.7. The first-order chi connectivity index (χ1) is 9.00. The fourth-order valence-corrected chi connectivity index (χ4v) is 3.28. The lowest BCUT2D eigenvalue weighted by molar-refractivity contribution is 0.0543. The first-order valence-corrected chi connectivity index (χ1v) is 7.94. The third kappa shape index (κ3) is 3.32. The van der Waals surface area contributed by atoms with Crippen molar-refractivity contribution in [2.75, 3.05) is 6.54 Å². The van der Waals surface area contributed by atoms with E-state index < -0.39 is 0 Å². The Balaban J connectivity index is 2.28. The fourth-order valence-electron chi connectivity index (χ4n) is 2.72. The van der Waals surface area contributed by atoms with Gasteiger partial charge in [-0.05, 0) is 43.4 Å². The van der Waals surface area contributed by atoms with Crippen LogP contribution < -0.4 is 0 Å². The van der Waals surface area contributed by atoms with Gasteiger partial charge in [0.2, 0.25) is 0 Å². The van der Waals surface area contributed by atoms with Crippen molar-refractivity contribution < 1.29 is 4.79 Å². The van der Waals surface area contributed by atoms with E-state index >= 15 is 0 Å². The molecule has 0 bridgehead atoms. The van der Waals surface area contributed by atoms with Crippen LogP contribution in [-0.4, -0.2) is 23.4 Å². The van der Waals surface area contributed by atoms with Crippen LogP contribution in [0.1, 0.15) is 43.5 Å². The van der Waals surface area contributed by atoms with Crippen LogP contribution in [0, 0.1) is 5.92 Å². The molecule has 1 aliphatic rings. The molecule has 0 saturated carbocycles. The van der Waals surface area contributed by atoms with Crippen LogP contribution >= 0.6 is 27.5 Å². The molecule has 0 aromatic heterocycles. The second-order valence-corrected chi connectivity index (χ2v) is 6.75. The summed E-state index contributed by atoms with van der Waals surface area (Å²) in [7, 11) is 0. The number of halogens is 2. The molecule has 0 aliphatic carbocycles. The average Bonchev–Trinajstić information content (AvgIpc) is 2.40. The van der Waals surface area contributed by atoms with E-state index in [1.54, 1.807) is 6.07 Å². The van der Waals surface area contributed by atoms with Crippen LogP contribution in [0.15, 0.2) is 22.7 Å². The molecule has 1 saturated heterocycles. The normalized spacial score (nSPS) is 19.8. The Morgan fingerprint density at radius 1 is 1.42 bits per heavy atom. The predicted octanol–water partition coefficient (Wildman–Crippen LogP) is 4.75. The number of nitrogens with zero attached hydrogens (tertiary/aromatic N) is 1. The quantitative estimate of drug-likeness (QED) is 0.758. The van der Waals surface area contributed by atoms with Gasteiger partial charge in [0.15, 0.2) is 0 Å². The lowest BCUT2D eigenvalue weighted by Gasteiger charge is -2.38. The largest absolute Gasteiger partial charge is 0.335 e. The molecular formula is C15H19BrClNO. The molecule has 1 aromatic carbocycles. The van der Waals surface area contributed by atoms with Crippen molar-refractivity contribution >= 4 is 33.4 Å². The van der Waals surface area contributed by atoms with Crippen LogP contribution in [0.2, 0.25) is 5.02 Å². The zero-order valence-electron chi connectivity index (χ0n) is 11.3. The Morgan fingerprint density at radius 3 is 2.84 bits per heavy atom. The monoisotopic (exact) mass is 343 g/mol. The molecule has 1 unspecified atom stereocenters. The maximum absolute atomic E-state index is 12.7. The Labute approximate surface area is 128 Å². The van der Waals surface area contributed by atoms with E-state index in [-0.39, 0.29) is 5.91 Å². The van der Waals surface area contributed by atoms with Crippen molar-refractivity contribution in [3.05, 3.63) is 33.3 Å². The van der Waals surface area contributed by atoms with Crippen LogP contribution in [0.25, 0.3) is 0 Å². The highest BCUT2D eigenvalue weighted by Gasteiger charge is 2.30. The number of hydrogen-bond acceptors (Lipinski definition) is 1. The van der Waals surface area contributed by atoms with Crippen molar-refractivity contribution in [2.45, 2.75) is 39.2 Å². The zero-order valence-corrected chi connectivity index (χ0v) is 13.7. The van der Waals surface area contributed by atoms with Gasteiger partial charge in [-0.25, -0.2) is 0 Å². The molecule has 0 radical (unpaired) electrons. The molecule has 2 nitrogen and oxygen atoms in total. The maximum Gasteiger partial charge on any atom is 0.255 e. The van der Waals surface area contributed by atoms with Crippen LogP contribution in [0.3, 0.4) is 0 Å². The SMILES string of the molecule is CC(C)C1CCCCN1C(=O)c1cc(Br)ccc1Cl. The van der Waals surface area contributed by atoms with Gasteiger partial charge in [-0.3, -0.25) is 4.79 Å². The van der Waals surface area contributed by atoms with Gasteiger partial charge in [-0.2, -0.15) is 0 Å². The molecule has 104 valence electrons. The van der Waals surface area contributed by atoms with E-state index in [0.29, 0.717) is 22.5 Å². The average molecular weight is 345 g/mol. The Kier molecular flexibility index (Phi) is 4.91. The van der Waals surface area contributed by atoms with E-state index in [4.69, 9.17) is 11.6 Å². The summed E-state index contributed by atoms with van der Waals surface area (Å²) in [6.07, 6.45) is 3.38. The molecule has 1 amide bonds. The smallest absolute Gasteiger partial charge is 0.255 e. The number of benzene rings is 1. The van der Waals surface area contributed by atoms with Crippen molar-refractivity contribution in [3.63, 3.8) is 0 Å². The van der Waals surface area contributed by atoms with E-state index in [9.17, 15) is 4.79 Å². The molecule has 2 rings (SSSR count). The molecular weight excluding hydrogens is 326 g/mol. The molecule has 1 fully saturated rings. The predicted molar refractivity (Wildman–Crippen MR) is 82.7 cm³/mol. The summed E-state index contributed by atoms with van der Waals surface area (Å²) < 4.78 is 0.887. The van der Waals surface area contributed by atoms with Crippen LogP contribution in [0.4, 0.5) is 0 Å². The molecule has 1 aromatic rings. The molecule has 0 N–H and O–H groups in total. The minimum Gasteiger partial charge on any atom is -0.335 e. The Bertz CT molecular complexity index is 475. The summed E-state index contributed by atoms with van der Waals surface area (Å²) in [4.78, 5) is 14.7. The fraction of sp³-hybridized carbons (Fsp3) is 0.533. The molecule has 1 heterocycles. The van der Waals surface area contributed by atoms with Crippen molar-refractivity contribution in [3.8, 4) is 0 Å². The van der Waals surface area contributed by atoms with Crippen molar-refractivity contribution in [1.82, 2.24) is 4.90 Å². The second kappa shape index (κ2) is 6.27. The van der Waals surface area contributed by atoms with Crippen molar-refractivity contribution in [2.24, 2.45) is 5.92 Å². The third-order valence-corrected chi connectivity index (χ3v) is 4.56. The number of piperidine rings is 1. The van der Waals surface area contributed by atoms with Crippen LogP contribution in [-0.2, 0) is 0 Å². The molecule has 19 heavy (non-hydrogen) atoms. The molecule has 1 aliphatic heterocycles. The van der Waals surface area contributed by atoms with Gasteiger partial charge in [-0.15, -0.1) is 0 Å². The molecule has 0 spiro atoms. The summed E-state index contributed by atoms with van der Waals surface area (Å²) in [5.74, 6) is 0.542. The van der Waals surface area contributed by atoms with E-state index in [2.05, 4.69) is 29.8 Å². The van der Waals surface area contributed by atoms with Gasteiger partial charge in [0.1, 0.15) is 0 Å². The highest BCUT2D eigenvalue weighted by molar-refractivity contribution is 9.10. The van der Waals surface area contributed by atoms with Gasteiger partial charge in [0.25, 0.3) is 5.91 Å². The number of rotatable bonds is 2. The highest BCUT2D eigenvalue weighted by Crippen LogP contribution is 2.28. The van der Waals surface area contributed by atoms with Gasteiger partial charge < -0.3 is 4.90 Å². The number of hydrogen-bond donors (Lipinski definition) is 0. The lowest BCUT2D eigenvalue weighted by Crippen LogP contribution is -2.46. The Hall–Kier alpha value is -0.540. The summed E-state index contributed by atoms with van der Waals surface area (Å²) >= 11 is 9.57. The standard InChI is InChI=1S/C15H19BrClNO/c1-10(2)14-5-3-4-8-18(14)15(19)12-9-11(16)6-7-13(12)17/h6-7,9-10,14H,3-5,8H2,1-2H3. The number of amides is 1. The van der Waals surface area contributed by atoms with Gasteiger partial charge in [0, 0.05) is 17.1 Å². The molecule has 4 heteroatoms. The summed E-state index contributed by atoms with van der Waals surface area (Å²) in [5, 5.41) is 0.529. The summed E-state index contributed by atoms with van der Waals surface area (Å²) in [6, 6.07) is 5.77. The van der Waals surface area contributed by atoms with Gasteiger partial charge >= 0.3 is 0 Å². The van der Waals surface area contributed by atoms with E-state index in [1.165, 1.54) is 6.42 Å². The minimum absolute atomic E-state index is 0.0599. The first-order valence-electron chi connectivity index (χ1n) is 6.76. The third-order valence-electron chi connectivity index (χ3n) is 3.74. The summed E-state index contributed by atoms with van der Waals surface area (Å²) in [5.41, 5.74) is 0.601. The Morgan fingerprint density at radius 2 is 2.16 bits per heavy atom. The van der Waals surface area contributed by atoms with Gasteiger partial charge in [0.05, 0.1) is 10.6 Å². The number of carbonyl (C=O) groups is 1. The second-order valence-electron chi connectivity index (χ2n) is 5.43. The highest BCUT2D eigenvalue weighted by atomic mass is 79.9. The minimum atomic E-state index is 0.0599. The van der Waals surface area contributed by atoms with Crippen molar-refractivity contribution in [1.29, 1.82) is 0 Å². The van der Waals surface area contributed by atoms with Gasteiger partial charge in [-0.1, -0.05) is 41.4 Å². The van der Waals surface area contributed by atoms with Crippen LogP contribution in [0.5, 0.6) is 0 Å². The topological polar surface area (TPSA) is 20.3 Å².